The van der Waals surface area contributed by atoms with Gasteiger partial charge in [0.1, 0.15) is 11.2 Å². The number of anilines is 1. The number of aliphatic hydroxyl groups is 1. The first kappa shape index (κ1) is 13.0. The molecule has 1 unspecified atom stereocenters. The number of hydrogen-bond acceptors (Lipinski definition) is 3. The monoisotopic (exact) mass is 269 g/mol. The molecule has 0 radical (unpaired) electrons. The zero-order chi connectivity index (χ0) is 14.3. The van der Waals surface area contributed by atoms with Gasteiger partial charge in [-0.25, -0.2) is 0 Å². The van der Waals surface area contributed by atoms with Crippen molar-refractivity contribution >= 4 is 27.6 Å². The zero-order valence-corrected chi connectivity index (χ0v) is 12.1. The number of aliphatic hydroxyl groups excluding tert-OH is 1. The highest BCUT2D eigenvalue weighted by Crippen LogP contribution is 2.33. The van der Waals surface area contributed by atoms with E-state index in [2.05, 4.69) is 23.1 Å². The van der Waals surface area contributed by atoms with Gasteiger partial charge in [0, 0.05) is 43.1 Å². The van der Waals surface area contributed by atoms with Crippen molar-refractivity contribution in [2.75, 3.05) is 25.6 Å². The fraction of sp³-hybridized carbons (Fsp3) is 0.294. The third-order valence-corrected chi connectivity index (χ3v) is 3.84. The van der Waals surface area contributed by atoms with E-state index in [0.717, 1.165) is 33.2 Å². The molecule has 3 heteroatoms. The van der Waals surface area contributed by atoms with Gasteiger partial charge in [-0.05, 0) is 35.9 Å². The van der Waals surface area contributed by atoms with Gasteiger partial charge in [-0.3, -0.25) is 0 Å². The van der Waals surface area contributed by atoms with E-state index in [9.17, 15) is 5.11 Å². The van der Waals surface area contributed by atoms with E-state index in [4.69, 9.17) is 4.42 Å². The topological polar surface area (TPSA) is 36.6 Å². The lowest BCUT2D eigenvalue weighted by Gasteiger charge is -2.11. The fourth-order valence-corrected chi connectivity index (χ4v) is 2.47. The lowest BCUT2D eigenvalue weighted by Crippen LogP contribution is -2.07. The minimum Gasteiger partial charge on any atom is -0.456 e. The van der Waals surface area contributed by atoms with E-state index in [-0.39, 0.29) is 12.5 Å². The Hall–Kier alpha value is -2.00. The maximum Gasteiger partial charge on any atom is 0.135 e. The molecule has 3 rings (SSSR count). The van der Waals surface area contributed by atoms with Crippen LogP contribution in [0.4, 0.5) is 5.69 Å². The van der Waals surface area contributed by atoms with E-state index in [1.807, 2.05) is 39.2 Å². The highest BCUT2D eigenvalue weighted by atomic mass is 16.3. The molecule has 0 aliphatic rings. The molecule has 0 spiro atoms. The highest BCUT2D eigenvalue weighted by Gasteiger charge is 2.11. The molecule has 0 fully saturated rings. The standard InChI is InChI=1S/C17H19NO2/c1-11(10-19)12-4-6-16-14(8-12)15-9-13(18(2)3)5-7-17(15)20-16/h4-9,11,19H,10H2,1-3H3. The number of hydrogen-bond donors (Lipinski definition) is 1. The molecule has 104 valence electrons. The first-order valence-electron chi connectivity index (χ1n) is 6.84. The number of fused-ring (bicyclic) bond motifs is 3. The smallest absolute Gasteiger partial charge is 0.135 e. The van der Waals surface area contributed by atoms with E-state index < -0.39 is 0 Å². The molecular formula is C17H19NO2. The third kappa shape index (κ3) is 2.04. The average molecular weight is 269 g/mol. The Morgan fingerprint density at radius 3 is 2.35 bits per heavy atom. The first-order valence-corrected chi connectivity index (χ1v) is 6.84. The van der Waals surface area contributed by atoms with Crippen molar-refractivity contribution in [1.29, 1.82) is 0 Å². The zero-order valence-electron chi connectivity index (χ0n) is 12.1. The van der Waals surface area contributed by atoms with E-state index >= 15 is 0 Å². The predicted octanol–water partition coefficient (Wildman–Crippen LogP) is 3.75. The Labute approximate surface area is 118 Å². The largest absolute Gasteiger partial charge is 0.456 e. The predicted molar refractivity (Wildman–Crippen MR) is 83.5 cm³/mol. The third-order valence-electron chi connectivity index (χ3n) is 3.84. The summed E-state index contributed by atoms with van der Waals surface area (Å²) in [5.41, 5.74) is 4.09. The van der Waals surface area contributed by atoms with Gasteiger partial charge >= 0.3 is 0 Å². The number of rotatable bonds is 3. The van der Waals surface area contributed by atoms with Crippen LogP contribution in [0.25, 0.3) is 21.9 Å². The van der Waals surface area contributed by atoms with Crippen LogP contribution in [0.15, 0.2) is 40.8 Å². The lowest BCUT2D eigenvalue weighted by molar-refractivity contribution is 0.273. The van der Waals surface area contributed by atoms with Gasteiger partial charge in [0.25, 0.3) is 0 Å². The molecule has 0 aliphatic carbocycles. The molecule has 0 saturated carbocycles. The van der Waals surface area contributed by atoms with Crippen molar-refractivity contribution in [2.24, 2.45) is 0 Å². The second kappa shape index (κ2) is 4.84. The molecule has 3 aromatic rings. The number of nitrogens with zero attached hydrogens (tertiary/aromatic N) is 1. The average Bonchev–Trinajstić information content (AvgIpc) is 2.83. The van der Waals surface area contributed by atoms with Gasteiger partial charge in [-0.2, -0.15) is 0 Å². The number of furan rings is 1. The second-order valence-electron chi connectivity index (χ2n) is 5.52. The molecular weight excluding hydrogens is 250 g/mol. The Kier molecular flexibility index (Phi) is 3.14. The maximum atomic E-state index is 9.31. The second-order valence-corrected chi connectivity index (χ2v) is 5.52. The SMILES string of the molecule is CC(CO)c1ccc2oc3ccc(N(C)C)cc3c2c1. The van der Waals surface area contributed by atoms with Crippen molar-refractivity contribution in [2.45, 2.75) is 12.8 Å². The van der Waals surface area contributed by atoms with Crippen LogP contribution < -0.4 is 4.90 Å². The first-order chi connectivity index (χ1) is 9.60. The Bertz CT molecular complexity index is 758. The molecule has 0 aliphatic heterocycles. The quantitative estimate of drug-likeness (QED) is 0.786. The molecule has 2 aromatic carbocycles. The fourth-order valence-electron chi connectivity index (χ4n) is 2.47. The van der Waals surface area contributed by atoms with E-state index in [1.165, 1.54) is 0 Å². The van der Waals surface area contributed by atoms with E-state index in [0.29, 0.717) is 0 Å². The van der Waals surface area contributed by atoms with Crippen LogP contribution in [-0.2, 0) is 0 Å². The molecule has 3 nitrogen and oxygen atoms in total. The molecule has 0 bridgehead atoms. The van der Waals surface area contributed by atoms with Gasteiger partial charge in [0.05, 0.1) is 0 Å². The summed E-state index contributed by atoms with van der Waals surface area (Å²) in [6.45, 7) is 2.18. The van der Waals surface area contributed by atoms with Crippen LogP contribution in [0.3, 0.4) is 0 Å². The summed E-state index contributed by atoms with van der Waals surface area (Å²) in [6.07, 6.45) is 0. The molecule has 0 saturated heterocycles. The summed E-state index contributed by atoms with van der Waals surface area (Å²) in [7, 11) is 4.06. The van der Waals surface area contributed by atoms with Gasteiger partial charge in [0.2, 0.25) is 0 Å². The van der Waals surface area contributed by atoms with E-state index in [1.54, 1.807) is 0 Å². The van der Waals surface area contributed by atoms with Crippen molar-refractivity contribution in [3.63, 3.8) is 0 Å². The molecule has 1 N–H and O–H groups in total. The van der Waals surface area contributed by atoms with Crippen LogP contribution in [0.2, 0.25) is 0 Å². The normalized spacial score (nSPS) is 13.0. The summed E-state index contributed by atoms with van der Waals surface area (Å²) in [4.78, 5) is 2.08. The molecule has 20 heavy (non-hydrogen) atoms. The minimum absolute atomic E-state index is 0.140. The van der Waals surface area contributed by atoms with Crippen molar-refractivity contribution in [1.82, 2.24) is 0 Å². The van der Waals surface area contributed by atoms with Crippen molar-refractivity contribution in [3.05, 3.63) is 42.0 Å². The molecule has 1 heterocycles. The van der Waals surface area contributed by atoms with Crippen LogP contribution in [0.5, 0.6) is 0 Å². The molecule has 1 atom stereocenters. The van der Waals surface area contributed by atoms with Crippen LogP contribution >= 0.6 is 0 Å². The van der Waals surface area contributed by atoms with Crippen LogP contribution in [0, 0.1) is 0 Å². The Balaban J connectivity index is 2.25. The number of benzene rings is 2. The summed E-state index contributed by atoms with van der Waals surface area (Å²) >= 11 is 0. The maximum absolute atomic E-state index is 9.31. The van der Waals surface area contributed by atoms with Gasteiger partial charge in [-0.15, -0.1) is 0 Å². The van der Waals surface area contributed by atoms with Crippen LogP contribution in [0.1, 0.15) is 18.4 Å². The minimum atomic E-state index is 0.140. The molecule has 0 amide bonds. The summed E-state index contributed by atoms with van der Waals surface area (Å²) < 4.78 is 5.87. The Morgan fingerprint density at radius 1 is 1.05 bits per heavy atom. The van der Waals surface area contributed by atoms with Gasteiger partial charge in [0.15, 0.2) is 0 Å². The van der Waals surface area contributed by atoms with Crippen molar-refractivity contribution < 1.29 is 9.52 Å². The lowest BCUT2D eigenvalue weighted by atomic mass is 10.00. The Morgan fingerprint density at radius 2 is 1.70 bits per heavy atom. The van der Waals surface area contributed by atoms with Crippen molar-refractivity contribution in [3.8, 4) is 0 Å². The van der Waals surface area contributed by atoms with Gasteiger partial charge < -0.3 is 14.4 Å². The summed E-state index contributed by atoms with van der Waals surface area (Å²) in [6, 6.07) is 12.4. The van der Waals surface area contributed by atoms with Crippen LogP contribution in [-0.4, -0.2) is 25.8 Å². The summed E-state index contributed by atoms with van der Waals surface area (Å²) in [5, 5.41) is 11.5. The summed E-state index contributed by atoms with van der Waals surface area (Å²) in [5.74, 6) is 0.140. The molecule has 1 aromatic heterocycles. The van der Waals surface area contributed by atoms with Gasteiger partial charge in [-0.1, -0.05) is 13.0 Å². The highest BCUT2D eigenvalue weighted by molar-refractivity contribution is 6.06.